The summed E-state index contributed by atoms with van der Waals surface area (Å²) in [6.45, 7) is 2.79. The van der Waals surface area contributed by atoms with Crippen LogP contribution in [0, 0.1) is 10.1 Å². The Morgan fingerprint density at radius 1 is 1.53 bits per heavy atom. The maximum absolute atomic E-state index is 11.6. The number of amides is 1. The lowest BCUT2D eigenvalue weighted by Crippen LogP contribution is -2.35. The van der Waals surface area contributed by atoms with Crippen LogP contribution >= 0.6 is 11.6 Å². The highest BCUT2D eigenvalue weighted by Crippen LogP contribution is 2.25. The Balaban J connectivity index is 2.68. The number of hydrogen-bond acceptors (Lipinski definition) is 4. The second-order valence-electron chi connectivity index (χ2n) is 4.01. The van der Waals surface area contributed by atoms with Gasteiger partial charge in [-0.15, -0.1) is 0 Å². The molecule has 1 aromatic rings. The lowest BCUT2D eigenvalue weighted by Gasteiger charge is -2.15. The van der Waals surface area contributed by atoms with E-state index >= 15 is 0 Å². The summed E-state index contributed by atoms with van der Waals surface area (Å²) in [5, 5.41) is 14.1. The second-order valence-corrected chi connectivity index (χ2v) is 4.41. The SMILES string of the molecule is CCN(C)C(=O)CNCc1c(Cl)cccc1[N+](=O)[O-]. The third-order valence-electron chi connectivity index (χ3n) is 2.77. The van der Waals surface area contributed by atoms with Gasteiger partial charge in [-0.25, -0.2) is 0 Å². The van der Waals surface area contributed by atoms with Gasteiger partial charge in [-0.05, 0) is 13.0 Å². The van der Waals surface area contributed by atoms with Gasteiger partial charge in [-0.1, -0.05) is 17.7 Å². The molecule has 0 aromatic heterocycles. The Morgan fingerprint density at radius 3 is 2.79 bits per heavy atom. The van der Waals surface area contributed by atoms with Gasteiger partial charge in [0.25, 0.3) is 5.69 Å². The van der Waals surface area contributed by atoms with Crippen LogP contribution in [0.3, 0.4) is 0 Å². The highest BCUT2D eigenvalue weighted by atomic mass is 35.5. The molecule has 0 heterocycles. The van der Waals surface area contributed by atoms with Gasteiger partial charge in [0, 0.05) is 26.2 Å². The summed E-state index contributed by atoms with van der Waals surface area (Å²) >= 11 is 5.94. The molecule has 0 spiro atoms. The average molecular weight is 286 g/mol. The molecule has 0 saturated heterocycles. The van der Waals surface area contributed by atoms with Gasteiger partial charge in [0.05, 0.1) is 22.1 Å². The minimum absolute atomic E-state index is 0.0451. The highest BCUT2D eigenvalue weighted by molar-refractivity contribution is 6.31. The van der Waals surface area contributed by atoms with Crippen molar-refractivity contribution in [3.05, 3.63) is 38.9 Å². The zero-order valence-corrected chi connectivity index (χ0v) is 11.6. The van der Waals surface area contributed by atoms with E-state index in [1.54, 1.807) is 18.0 Å². The molecule has 0 aliphatic rings. The molecular weight excluding hydrogens is 270 g/mol. The first kappa shape index (κ1) is 15.4. The minimum atomic E-state index is -0.483. The summed E-state index contributed by atoms with van der Waals surface area (Å²) in [5.41, 5.74) is 0.345. The first-order valence-electron chi connectivity index (χ1n) is 5.83. The molecule has 0 aliphatic heterocycles. The number of carbonyl (C=O) groups excluding carboxylic acids is 1. The largest absolute Gasteiger partial charge is 0.345 e. The summed E-state index contributed by atoms with van der Waals surface area (Å²) < 4.78 is 0. The Kier molecular flexibility index (Phi) is 5.72. The van der Waals surface area contributed by atoms with E-state index in [1.807, 2.05) is 6.92 Å². The Hall–Kier alpha value is -1.66. The third kappa shape index (κ3) is 4.18. The quantitative estimate of drug-likeness (QED) is 0.639. The summed E-state index contributed by atoms with van der Waals surface area (Å²) in [4.78, 5) is 23.5. The van der Waals surface area contributed by atoms with E-state index in [9.17, 15) is 14.9 Å². The number of rotatable bonds is 6. The molecule has 0 saturated carbocycles. The number of likely N-dealkylation sites (N-methyl/N-ethyl adjacent to an activating group) is 1. The first-order chi connectivity index (χ1) is 8.97. The van der Waals surface area contributed by atoms with Crippen molar-refractivity contribution in [3.63, 3.8) is 0 Å². The van der Waals surface area contributed by atoms with Crippen LogP contribution in [0.25, 0.3) is 0 Å². The van der Waals surface area contributed by atoms with E-state index in [1.165, 1.54) is 12.1 Å². The number of nitrogens with zero attached hydrogens (tertiary/aromatic N) is 2. The molecule has 1 N–H and O–H groups in total. The van der Waals surface area contributed by atoms with Crippen molar-refractivity contribution in [2.24, 2.45) is 0 Å². The van der Waals surface area contributed by atoms with Crippen molar-refractivity contribution in [1.29, 1.82) is 0 Å². The number of nitrogens with one attached hydrogen (secondary N) is 1. The van der Waals surface area contributed by atoms with Gasteiger partial charge in [-0.2, -0.15) is 0 Å². The summed E-state index contributed by atoms with van der Waals surface area (Å²) in [5.74, 6) is -0.0720. The maximum atomic E-state index is 11.6. The van der Waals surface area contributed by atoms with Gasteiger partial charge in [-0.3, -0.25) is 14.9 Å². The number of carbonyl (C=O) groups is 1. The van der Waals surface area contributed by atoms with Gasteiger partial charge < -0.3 is 10.2 Å². The standard InChI is InChI=1S/C12H16ClN3O3/c1-3-15(2)12(17)8-14-7-9-10(13)5-4-6-11(9)16(18)19/h4-6,14H,3,7-8H2,1-2H3. The number of benzene rings is 1. The third-order valence-corrected chi connectivity index (χ3v) is 3.12. The Labute approximate surface area is 116 Å². The molecule has 0 atom stereocenters. The monoisotopic (exact) mass is 285 g/mol. The molecule has 0 fully saturated rings. The average Bonchev–Trinajstić information content (AvgIpc) is 2.39. The predicted molar refractivity (Wildman–Crippen MR) is 73.1 cm³/mol. The first-order valence-corrected chi connectivity index (χ1v) is 6.21. The van der Waals surface area contributed by atoms with Crippen LogP contribution in [0.2, 0.25) is 5.02 Å². The zero-order valence-electron chi connectivity index (χ0n) is 10.9. The predicted octanol–water partition coefficient (Wildman–Crippen LogP) is 1.82. The fraction of sp³-hybridized carbons (Fsp3) is 0.417. The molecule has 1 amide bonds. The van der Waals surface area contributed by atoms with Crippen LogP contribution in [-0.4, -0.2) is 35.9 Å². The van der Waals surface area contributed by atoms with Crippen molar-refractivity contribution < 1.29 is 9.72 Å². The fourth-order valence-corrected chi connectivity index (χ4v) is 1.74. The van der Waals surface area contributed by atoms with Crippen LogP contribution in [0.5, 0.6) is 0 Å². The molecular formula is C12H16ClN3O3. The van der Waals surface area contributed by atoms with Crippen LogP contribution < -0.4 is 5.32 Å². The summed E-state index contributed by atoms with van der Waals surface area (Å²) in [7, 11) is 1.70. The van der Waals surface area contributed by atoms with Crippen LogP contribution in [0.1, 0.15) is 12.5 Å². The highest BCUT2D eigenvalue weighted by Gasteiger charge is 2.16. The molecule has 0 aliphatic carbocycles. The fourth-order valence-electron chi connectivity index (χ4n) is 1.50. The topological polar surface area (TPSA) is 75.5 Å². The van der Waals surface area contributed by atoms with E-state index in [0.717, 1.165) is 0 Å². The molecule has 1 rings (SSSR count). The molecule has 0 unspecified atom stereocenters. The molecule has 0 radical (unpaired) electrons. The van der Waals surface area contributed by atoms with E-state index in [4.69, 9.17) is 11.6 Å². The van der Waals surface area contributed by atoms with E-state index < -0.39 is 4.92 Å². The molecule has 6 nitrogen and oxygen atoms in total. The van der Waals surface area contributed by atoms with E-state index in [-0.39, 0.29) is 24.7 Å². The molecule has 19 heavy (non-hydrogen) atoms. The van der Waals surface area contributed by atoms with Gasteiger partial charge in [0.2, 0.25) is 5.91 Å². The van der Waals surface area contributed by atoms with Crippen molar-refractivity contribution in [3.8, 4) is 0 Å². The Morgan fingerprint density at radius 2 is 2.21 bits per heavy atom. The minimum Gasteiger partial charge on any atom is -0.345 e. The van der Waals surface area contributed by atoms with Crippen molar-refractivity contribution in [2.75, 3.05) is 20.1 Å². The number of nitro groups is 1. The molecule has 0 bridgehead atoms. The van der Waals surface area contributed by atoms with Gasteiger partial charge in [0.1, 0.15) is 0 Å². The molecule has 104 valence electrons. The lowest BCUT2D eigenvalue weighted by atomic mass is 10.2. The Bertz CT molecular complexity index is 479. The van der Waals surface area contributed by atoms with Crippen molar-refractivity contribution in [2.45, 2.75) is 13.5 Å². The summed E-state index contributed by atoms with van der Waals surface area (Å²) in [6, 6.07) is 4.51. The smallest absolute Gasteiger partial charge is 0.275 e. The second kappa shape index (κ2) is 7.06. The van der Waals surface area contributed by atoms with Crippen LogP contribution in [0.15, 0.2) is 18.2 Å². The van der Waals surface area contributed by atoms with Crippen LogP contribution in [-0.2, 0) is 11.3 Å². The van der Waals surface area contributed by atoms with Crippen molar-refractivity contribution >= 4 is 23.2 Å². The molecule has 1 aromatic carbocycles. The zero-order chi connectivity index (χ0) is 14.4. The van der Waals surface area contributed by atoms with Gasteiger partial charge >= 0.3 is 0 Å². The number of halogens is 1. The normalized spacial score (nSPS) is 10.3. The molecule has 7 heteroatoms. The van der Waals surface area contributed by atoms with E-state index in [2.05, 4.69) is 5.32 Å². The lowest BCUT2D eigenvalue weighted by molar-refractivity contribution is -0.385. The number of hydrogen-bond donors (Lipinski definition) is 1. The maximum Gasteiger partial charge on any atom is 0.275 e. The van der Waals surface area contributed by atoms with E-state index in [0.29, 0.717) is 17.1 Å². The van der Waals surface area contributed by atoms with Gasteiger partial charge in [0.15, 0.2) is 0 Å². The van der Waals surface area contributed by atoms with Crippen LogP contribution in [0.4, 0.5) is 5.69 Å². The van der Waals surface area contributed by atoms with Crippen molar-refractivity contribution in [1.82, 2.24) is 10.2 Å². The number of nitro benzene ring substituents is 1. The summed E-state index contributed by atoms with van der Waals surface area (Å²) in [6.07, 6.45) is 0.